The van der Waals surface area contributed by atoms with Crippen LogP contribution in [0.2, 0.25) is 0 Å². The molecule has 0 aromatic carbocycles. The van der Waals surface area contributed by atoms with Crippen LogP contribution in [0.25, 0.3) is 0 Å². The average Bonchev–Trinajstić information content (AvgIpc) is 2.22. The molecular weight excluding hydrogens is 192 g/mol. The Morgan fingerprint density at radius 1 is 1.67 bits per heavy atom. The molecule has 0 saturated carbocycles. The molecule has 1 heterocycles. The Morgan fingerprint density at radius 3 is 3.07 bits per heavy atom. The monoisotopic (exact) mass is 210 g/mol. The topological polar surface area (TPSA) is 72.9 Å². The van der Waals surface area contributed by atoms with Crippen molar-refractivity contribution in [3.63, 3.8) is 0 Å². The second kappa shape index (κ2) is 5.50. The molecule has 3 N–H and O–H groups in total. The van der Waals surface area contributed by atoms with Gasteiger partial charge < -0.3 is 15.6 Å². The van der Waals surface area contributed by atoms with Crippen LogP contribution in [0.3, 0.4) is 0 Å². The number of anilines is 1. The Hall–Kier alpha value is -1.36. The Bertz CT molecular complexity index is 361. The molecule has 0 bridgehead atoms. The zero-order valence-corrected chi connectivity index (χ0v) is 9.23. The summed E-state index contributed by atoms with van der Waals surface area (Å²) in [4.78, 5) is 15.6. The summed E-state index contributed by atoms with van der Waals surface area (Å²) in [5, 5.41) is 3.09. The maximum atomic E-state index is 11.6. The molecule has 1 atom stereocenters. The predicted octanol–water partition coefficient (Wildman–Crippen LogP) is 0.320. The summed E-state index contributed by atoms with van der Waals surface area (Å²) in [6, 6.07) is 0.219. The molecule has 5 nitrogen and oxygen atoms in total. The van der Waals surface area contributed by atoms with Crippen molar-refractivity contribution in [2.75, 3.05) is 11.9 Å². The lowest BCUT2D eigenvalue weighted by atomic mass is 10.2. The summed E-state index contributed by atoms with van der Waals surface area (Å²) in [6.45, 7) is 2.69. The first-order valence-electron chi connectivity index (χ1n) is 5.13. The van der Waals surface area contributed by atoms with Gasteiger partial charge in [0.2, 0.25) is 0 Å². The van der Waals surface area contributed by atoms with Crippen LogP contribution in [-0.4, -0.2) is 22.1 Å². The molecule has 0 amide bonds. The lowest BCUT2D eigenvalue weighted by molar-refractivity contribution is 0.657. The Balaban J connectivity index is 2.64. The van der Waals surface area contributed by atoms with Gasteiger partial charge in [-0.2, -0.15) is 0 Å². The van der Waals surface area contributed by atoms with E-state index in [1.165, 1.54) is 4.57 Å². The normalized spacial score (nSPS) is 12.5. The number of rotatable bonds is 5. The summed E-state index contributed by atoms with van der Waals surface area (Å²) >= 11 is 0. The molecule has 1 aromatic rings. The van der Waals surface area contributed by atoms with Crippen LogP contribution in [0, 0.1) is 0 Å². The molecule has 0 aliphatic heterocycles. The third kappa shape index (κ3) is 3.36. The minimum atomic E-state index is -0.0999. The van der Waals surface area contributed by atoms with Gasteiger partial charge in [0.15, 0.2) is 5.82 Å². The zero-order valence-electron chi connectivity index (χ0n) is 9.23. The largest absolute Gasteiger partial charge is 0.363 e. The summed E-state index contributed by atoms with van der Waals surface area (Å²) in [6.07, 6.45) is 5.13. The number of aryl methyl sites for hydroxylation is 1. The fourth-order valence-electron chi connectivity index (χ4n) is 1.33. The maximum absolute atomic E-state index is 11.6. The van der Waals surface area contributed by atoms with Gasteiger partial charge in [0, 0.05) is 25.5 Å². The second-order valence-corrected chi connectivity index (χ2v) is 3.67. The average molecular weight is 210 g/mol. The Morgan fingerprint density at radius 2 is 2.40 bits per heavy atom. The van der Waals surface area contributed by atoms with Crippen LogP contribution in [0.4, 0.5) is 5.82 Å². The molecule has 0 saturated heterocycles. The van der Waals surface area contributed by atoms with E-state index in [1.807, 2.05) is 6.92 Å². The highest BCUT2D eigenvalue weighted by Gasteiger charge is 2.06. The van der Waals surface area contributed by atoms with Crippen molar-refractivity contribution in [2.45, 2.75) is 25.8 Å². The van der Waals surface area contributed by atoms with Crippen LogP contribution in [0.5, 0.6) is 0 Å². The van der Waals surface area contributed by atoms with Crippen LogP contribution in [0.1, 0.15) is 19.8 Å². The second-order valence-electron chi connectivity index (χ2n) is 3.67. The molecule has 1 aromatic heterocycles. The van der Waals surface area contributed by atoms with Gasteiger partial charge in [-0.1, -0.05) is 0 Å². The summed E-state index contributed by atoms with van der Waals surface area (Å²) < 4.78 is 1.50. The number of nitrogens with one attached hydrogen (secondary N) is 1. The molecule has 15 heavy (non-hydrogen) atoms. The Kier molecular flexibility index (Phi) is 4.30. The fraction of sp³-hybridized carbons (Fsp3) is 0.600. The number of nitrogens with two attached hydrogens (primary N) is 1. The van der Waals surface area contributed by atoms with Gasteiger partial charge in [-0.3, -0.25) is 4.79 Å². The molecule has 1 rings (SSSR count). The van der Waals surface area contributed by atoms with Gasteiger partial charge >= 0.3 is 0 Å². The van der Waals surface area contributed by atoms with Crippen LogP contribution in [-0.2, 0) is 7.05 Å². The van der Waals surface area contributed by atoms with Gasteiger partial charge in [0.05, 0.1) is 0 Å². The zero-order chi connectivity index (χ0) is 11.3. The van der Waals surface area contributed by atoms with E-state index < -0.39 is 0 Å². The lowest BCUT2D eigenvalue weighted by Crippen LogP contribution is -2.26. The molecule has 0 fully saturated rings. The molecule has 0 aliphatic carbocycles. The van der Waals surface area contributed by atoms with Crippen molar-refractivity contribution < 1.29 is 0 Å². The molecule has 0 radical (unpaired) electrons. The van der Waals surface area contributed by atoms with Crippen molar-refractivity contribution in [3.05, 3.63) is 22.7 Å². The molecule has 0 spiro atoms. The fourth-order valence-corrected chi connectivity index (χ4v) is 1.33. The summed E-state index contributed by atoms with van der Waals surface area (Å²) in [5.74, 6) is 0.407. The highest BCUT2D eigenvalue weighted by atomic mass is 16.1. The van der Waals surface area contributed by atoms with E-state index in [9.17, 15) is 4.79 Å². The minimum absolute atomic E-state index is 0.0999. The van der Waals surface area contributed by atoms with Crippen molar-refractivity contribution in [2.24, 2.45) is 12.8 Å². The van der Waals surface area contributed by atoms with E-state index in [4.69, 9.17) is 5.73 Å². The van der Waals surface area contributed by atoms with Gasteiger partial charge in [-0.25, -0.2) is 4.98 Å². The van der Waals surface area contributed by atoms with Crippen molar-refractivity contribution in [1.29, 1.82) is 0 Å². The SMILES string of the molecule is CC(CCCN)Nc1nccn(C)c1=O. The van der Waals surface area contributed by atoms with E-state index >= 15 is 0 Å². The van der Waals surface area contributed by atoms with E-state index in [0.29, 0.717) is 12.4 Å². The van der Waals surface area contributed by atoms with Crippen LogP contribution < -0.4 is 16.6 Å². The third-order valence-electron chi connectivity index (χ3n) is 2.24. The highest BCUT2D eigenvalue weighted by Crippen LogP contribution is 2.01. The summed E-state index contributed by atoms with van der Waals surface area (Å²) in [7, 11) is 1.71. The van der Waals surface area contributed by atoms with Crippen molar-refractivity contribution in [1.82, 2.24) is 9.55 Å². The quantitative estimate of drug-likeness (QED) is 0.734. The maximum Gasteiger partial charge on any atom is 0.293 e. The molecule has 0 aliphatic rings. The number of nitrogens with zero attached hydrogens (tertiary/aromatic N) is 2. The first-order valence-corrected chi connectivity index (χ1v) is 5.13. The van der Waals surface area contributed by atoms with Crippen molar-refractivity contribution >= 4 is 5.82 Å². The number of hydrogen-bond acceptors (Lipinski definition) is 4. The first kappa shape index (κ1) is 11.7. The smallest absolute Gasteiger partial charge is 0.293 e. The lowest BCUT2D eigenvalue weighted by Gasteiger charge is -2.13. The molecular formula is C10H18N4O. The van der Waals surface area contributed by atoms with Crippen molar-refractivity contribution in [3.8, 4) is 0 Å². The van der Waals surface area contributed by atoms with Gasteiger partial charge in [-0.05, 0) is 26.3 Å². The minimum Gasteiger partial charge on any atom is -0.363 e. The molecule has 1 unspecified atom stereocenters. The predicted molar refractivity (Wildman–Crippen MR) is 60.9 cm³/mol. The first-order chi connectivity index (χ1) is 7.15. The highest BCUT2D eigenvalue weighted by molar-refractivity contribution is 5.31. The standard InChI is InChI=1S/C10H18N4O/c1-8(4-3-5-11)13-9-10(15)14(2)7-6-12-9/h6-8H,3-5,11H2,1-2H3,(H,12,13). The van der Waals surface area contributed by atoms with Crippen LogP contribution in [0.15, 0.2) is 17.2 Å². The van der Waals surface area contributed by atoms with Gasteiger partial charge in [0.1, 0.15) is 0 Å². The summed E-state index contributed by atoms with van der Waals surface area (Å²) in [5.41, 5.74) is 5.32. The molecule has 84 valence electrons. The van der Waals surface area contributed by atoms with Gasteiger partial charge in [-0.15, -0.1) is 0 Å². The van der Waals surface area contributed by atoms with E-state index in [2.05, 4.69) is 10.3 Å². The van der Waals surface area contributed by atoms with E-state index in [1.54, 1.807) is 19.4 Å². The number of hydrogen-bond donors (Lipinski definition) is 2. The Labute approximate surface area is 89.3 Å². The van der Waals surface area contributed by atoms with E-state index in [0.717, 1.165) is 12.8 Å². The number of aromatic nitrogens is 2. The van der Waals surface area contributed by atoms with E-state index in [-0.39, 0.29) is 11.6 Å². The third-order valence-corrected chi connectivity index (χ3v) is 2.24. The van der Waals surface area contributed by atoms with Crippen LogP contribution >= 0.6 is 0 Å². The van der Waals surface area contributed by atoms with Gasteiger partial charge in [0.25, 0.3) is 5.56 Å². The molecule has 5 heteroatoms.